The molecule has 5 nitrogen and oxygen atoms in total. The molecule has 0 spiro atoms. The van der Waals surface area contributed by atoms with Gasteiger partial charge in [0.15, 0.2) is 4.96 Å². The monoisotopic (exact) mass is 315 g/mol. The first-order valence-corrected chi connectivity index (χ1v) is 8.76. The summed E-state index contributed by atoms with van der Waals surface area (Å²) in [5.41, 5.74) is 2.52. The van der Waals surface area contributed by atoms with E-state index in [1.807, 2.05) is 12.5 Å². The Morgan fingerprint density at radius 2 is 2.32 bits per heavy atom. The van der Waals surface area contributed by atoms with Crippen LogP contribution in [0.5, 0.6) is 0 Å². The van der Waals surface area contributed by atoms with Crippen LogP contribution in [-0.2, 0) is 13.1 Å². The van der Waals surface area contributed by atoms with Crippen LogP contribution in [0.15, 0.2) is 30.3 Å². The van der Waals surface area contributed by atoms with Crippen LogP contribution in [0.1, 0.15) is 24.2 Å². The quantitative estimate of drug-likeness (QED) is 0.743. The number of fused-ring (bicyclic) bond motifs is 1. The normalized spacial score (nSPS) is 20.0. The minimum atomic E-state index is 0.717. The predicted molar refractivity (Wildman–Crippen MR) is 88.0 cm³/mol. The van der Waals surface area contributed by atoms with Gasteiger partial charge >= 0.3 is 0 Å². The molecule has 1 atom stereocenters. The van der Waals surface area contributed by atoms with Gasteiger partial charge in [0.05, 0.1) is 17.7 Å². The number of likely N-dealkylation sites (tertiary alicyclic amines) is 1. The van der Waals surface area contributed by atoms with Gasteiger partial charge in [0.1, 0.15) is 0 Å². The van der Waals surface area contributed by atoms with Gasteiger partial charge in [-0.3, -0.25) is 9.30 Å². The summed E-state index contributed by atoms with van der Waals surface area (Å²) in [4.78, 5) is 12.5. The zero-order chi connectivity index (χ0) is 14.9. The highest BCUT2D eigenvalue weighted by Gasteiger charge is 2.22. The fourth-order valence-electron chi connectivity index (χ4n) is 3.48. The SMILES string of the molecule is Cc1nc2sccn2c1CN1CCC[C@H](Cn2ccnc2)C1. The van der Waals surface area contributed by atoms with Crippen molar-refractivity contribution in [2.24, 2.45) is 5.92 Å². The van der Waals surface area contributed by atoms with E-state index < -0.39 is 0 Å². The van der Waals surface area contributed by atoms with Crippen molar-refractivity contribution in [3.05, 3.63) is 41.7 Å². The molecule has 116 valence electrons. The molecule has 0 unspecified atom stereocenters. The average Bonchev–Trinajstić information content (AvgIpc) is 3.21. The number of imidazole rings is 2. The predicted octanol–water partition coefficient (Wildman–Crippen LogP) is 2.81. The molecule has 1 fully saturated rings. The molecule has 4 rings (SSSR count). The van der Waals surface area contributed by atoms with E-state index in [1.54, 1.807) is 11.3 Å². The molecule has 0 aliphatic carbocycles. The maximum absolute atomic E-state index is 4.66. The van der Waals surface area contributed by atoms with Crippen molar-refractivity contribution in [2.45, 2.75) is 32.9 Å². The van der Waals surface area contributed by atoms with Crippen LogP contribution in [-0.4, -0.2) is 36.9 Å². The van der Waals surface area contributed by atoms with Gasteiger partial charge in [0.2, 0.25) is 0 Å². The van der Waals surface area contributed by atoms with Crippen molar-refractivity contribution in [2.75, 3.05) is 13.1 Å². The van der Waals surface area contributed by atoms with Crippen LogP contribution in [0.2, 0.25) is 0 Å². The third-order valence-corrected chi connectivity index (χ3v) is 5.32. The summed E-state index contributed by atoms with van der Waals surface area (Å²) in [6.07, 6.45) is 10.6. The van der Waals surface area contributed by atoms with Gasteiger partial charge in [-0.05, 0) is 32.2 Å². The molecule has 1 aliphatic rings. The summed E-state index contributed by atoms with van der Waals surface area (Å²) < 4.78 is 4.45. The Morgan fingerprint density at radius 3 is 3.18 bits per heavy atom. The Labute approximate surface area is 134 Å². The van der Waals surface area contributed by atoms with Crippen LogP contribution in [0, 0.1) is 12.8 Å². The average molecular weight is 315 g/mol. The van der Waals surface area contributed by atoms with Gasteiger partial charge in [0.25, 0.3) is 0 Å². The number of rotatable bonds is 4. The Morgan fingerprint density at radius 1 is 1.36 bits per heavy atom. The van der Waals surface area contributed by atoms with E-state index in [0.29, 0.717) is 5.92 Å². The largest absolute Gasteiger partial charge is 0.337 e. The summed E-state index contributed by atoms with van der Waals surface area (Å²) in [5, 5.41) is 2.11. The van der Waals surface area contributed by atoms with E-state index in [0.717, 1.165) is 24.6 Å². The van der Waals surface area contributed by atoms with E-state index in [9.17, 15) is 0 Å². The van der Waals surface area contributed by atoms with Crippen molar-refractivity contribution in [3.8, 4) is 0 Å². The fourth-order valence-corrected chi connectivity index (χ4v) is 4.26. The van der Waals surface area contributed by atoms with Crippen molar-refractivity contribution in [1.29, 1.82) is 0 Å². The Bertz CT molecular complexity index is 742. The van der Waals surface area contributed by atoms with Crippen molar-refractivity contribution in [1.82, 2.24) is 23.8 Å². The molecule has 0 amide bonds. The Balaban J connectivity index is 1.46. The molecular formula is C16H21N5S. The van der Waals surface area contributed by atoms with E-state index in [4.69, 9.17) is 0 Å². The molecule has 0 N–H and O–H groups in total. The number of aromatic nitrogens is 4. The highest BCUT2D eigenvalue weighted by Crippen LogP contribution is 2.23. The van der Waals surface area contributed by atoms with Gasteiger partial charge in [-0.1, -0.05) is 0 Å². The molecule has 0 saturated carbocycles. The maximum Gasteiger partial charge on any atom is 0.194 e. The molecule has 1 saturated heterocycles. The third-order valence-electron chi connectivity index (χ3n) is 4.57. The second-order valence-corrected chi connectivity index (χ2v) is 7.08. The van der Waals surface area contributed by atoms with Gasteiger partial charge < -0.3 is 4.57 Å². The highest BCUT2D eigenvalue weighted by molar-refractivity contribution is 7.15. The standard InChI is InChI=1S/C16H21N5S/c1-13-15(21-7-8-22-16(21)18-13)11-19-5-2-3-14(9-19)10-20-6-4-17-12-20/h4,6-8,12,14H,2-3,5,9-11H2,1H3/t14-/m0/s1. The smallest absolute Gasteiger partial charge is 0.194 e. The third kappa shape index (κ3) is 2.68. The topological polar surface area (TPSA) is 38.4 Å². The number of hydrogen-bond acceptors (Lipinski definition) is 4. The van der Waals surface area contributed by atoms with Crippen LogP contribution < -0.4 is 0 Å². The van der Waals surface area contributed by atoms with Gasteiger partial charge in [-0.15, -0.1) is 11.3 Å². The summed E-state index contributed by atoms with van der Waals surface area (Å²) in [6.45, 7) is 6.56. The molecule has 22 heavy (non-hydrogen) atoms. The summed E-state index contributed by atoms with van der Waals surface area (Å²) in [5.74, 6) is 0.717. The van der Waals surface area contributed by atoms with Gasteiger partial charge in [-0.25, -0.2) is 9.97 Å². The maximum atomic E-state index is 4.66. The van der Waals surface area contributed by atoms with Crippen LogP contribution in [0.4, 0.5) is 0 Å². The minimum absolute atomic E-state index is 0.717. The lowest BCUT2D eigenvalue weighted by molar-refractivity contribution is 0.154. The number of thiazole rings is 1. The second kappa shape index (κ2) is 5.85. The molecule has 0 radical (unpaired) electrons. The van der Waals surface area contributed by atoms with Crippen LogP contribution in [0.3, 0.4) is 0 Å². The molecule has 0 bridgehead atoms. The lowest BCUT2D eigenvalue weighted by Crippen LogP contribution is -2.36. The molecule has 6 heteroatoms. The van der Waals surface area contributed by atoms with Crippen molar-refractivity contribution in [3.63, 3.8) is 0 Å². The van der Waals surface area contributed by atoms with Crippen molar-refractivity contribution < 1.29 is 0 Å². The molecule has 1 aliphatic heterocycles. The zero-order valence-corrected chi connectivity index (χ0v) is 13.7. The molecule has 4 heterocycles. The molecule has 0 aromatic carbocycles. The molecule has 3 aromatic heterocycles. The number of hydrogen-bond donors (Lipinski definition) is 0. The lowest BCUT2D eigenvalue weighted by atomic mass is 9.97. The number of aryl methyl sites for hydroxylation is 1. The first kappa shape index (κ1) is 14.0. The number of piperidine rings is 1. The fraction of sp³-hybridized carbons (Fsp3) is 0.500. The zero-order valence-electron chi connectivity index (χ0n) is 12.9. The summed E-state index contributed by atoms with van der Waals surface area (Å²) in [6, 6.07) is 0. The molecular weight excluding hydrogens is 294 g/mol. The van der Waals surface area contributed by atoms with E-state index in [1.165, 1.54) is 30.8 Å². The van der Waals surface area contributed by atoms with E-state index >= 15 is 0 Å². The Kier molecular flexibility index (Phi) is 3.72. The van der Waals surface area contributed by atoms with Gasteiger partial charge in [0, 0.05) is 43.6 Å². The highest BCUT2D eigenvalue weighted by atomic mass is 32.1. The first-order chi connectivity index (χ1) is 10.8. The van der Waals surface area contributed by atoms with E-state index in [-0.39, 0.29) is 0 Å². The minimum Gasteiger partial charge on any atom is -0.337 e. The summed E-state index contributed by atoms with van der Waals surface area (Å²) >= 11 is 1.71. The second-order valence-electron chi connectivity index (χ2n) is 6.20. The Hall–Kier alpha value is -1.66. The van der Waals surface area contributed by atoms with E-state index in [2.05, 4.69) is 48.5 Å². The van der Waals surface area contributed by atoms with Crippen LogP contribution >= 0.6 is 11.3 Å². The lowest BCUT2D eigenvalue weighted by Gasteiger charge is -2.32. The summed E-state index contributed by atoms with van der Waals surface area (Å²) in [7, 11) is 0. The van der Waals surface area contributed by atoms with Crippen molar-refractivity contribution >= 4 is 16.3 Å². The van der Waals surface area contributed by atoms with Gasteiger partial charge in [-0.2, -0.15) is 0 Å². The van der Waals surface area contributed by atoms with Crippen LogP contribution in [0.25, 0.3) is 4.96 Å². The first-order valence-electron chi connectivity index (χ1n) is 7.89. The number of nitrogens with zero attached hydrogens (tertiary/aromatic N) is 5. The molecule has 3 aromatic rings.